The third kappa shape index (κ3) is 5.16. The minimum atomic E-state index is 0. The van der Waals surface area contributed by atoms with Crippen molar-refractivity contribution >= 4 is 13.5 Å². The highest BCUT2D eigenvalue weighted by Gasteiger charge is 1.60. The molecule has 0 aliphatic carbocycles. The molecule has 2 aromatic heterocycles. The molecule has 0 aliphatic rings. The van der Waals surface area contributed by atoms with Crippen LogP contribution in [-0.2, 0) is 0 Å². The van der Waals surface area contributed by atoms with Crippen molar-refractivity contribution in [1.29, 1.82) is 0 Å². The Kier molecular flexibility index (Phi) is 6.01. The van der Waals surface area contributed by atoms with E-state index in [9.17, 15) is 0 Å². The number of hydrogen-bond acceptors (Lipinski definition) is 4. The van der Waals surface area contributed by atoms with Crippen molar-refractivity contribution in [3.8, 4) is 0 Å². The van der Waals surface area contributed by atoms with Gasteiger partial charge in [-0.05, 0) is 6.07 Å². The van der Waals surface area contributed by atoms with Crippen LogP contribution in [0.1, 0.15) is 0 Å². The van der Waals surface area contributed by atoms with Crippen LogP contribution in [0.15, 0.2) is 35.4 Å². The van der Waals surface area contributed by atoms with Gasteiger partial charge >= 0.3 is 0 Å². The molecule has 1 N–H and O–H groups in total. The summed E-state index contributed by atoms with van der Waals surface area (Å²) in [6, 6.07) is 1.72. The molecule has 5 nitrogen and oxygen atoms in total. The topological polar surface area (TPSA) is 67.6 Å². The van der Waals surface area contributed by atoms with Crippen molar-refractivity contribution < 1.29 is 4.52 Å². The number of H-pyrrole nitrogens is 1. The minimum Gasteiger partial charge on any atom is -0.365 e. The first-order valence-corrected chi connectivity index (χ1v) is 2.64. The Hall–Kier alpha value is -1.30. The van der Waals surface area contributed by atoms with Gasteiger partial charge in [0.1, 0.15) is 6.26 Å². The lowest BCUT2D eigenvalue weighted by molar-refractivity contribution is 0.420. The molecule has 0 radical (unpaired) electrons. The Balaban J connectivity index is 0.000000167. The summed E-state index contributed by atoms with van der Waals surface area (Å²) >= 11 is 0. The van der Waals surface area contributed by atoms with Crippen LogP contribution in [0.25, 0.3) is 0 Å². The van der Waals surface area contributed by atoms with E-state index in [1.54, 1.807) is 24.7 Å². The second-order valence-electron chi connectivity index (χ2n) is 1.34. The molecule has 0 amide bonds. The standard InChI is InChI=1S/C3H3NO.C2H3N3.H2S/c2*1-2-4-5-3-1;/h1-3H;1-2H,(H,3,4,5);1H2. The summed E-state index contributed by atoms with van der Waals surface area (Å²) in [5.74, 6) is 0. The predicted octanol–water partition coefficient (Wildman–Crippen LogP) is 0.592. The largest absolute Gasteiger partial charge is 0.365 e. The van der Waals surface area contributed by atoms with Crippen LogP contribution in [0.2, 0.25) is 0 Å². The van der Waals surface area contributed by atoms with Gasteiger partial charge in [0.15, 0.2) is 0 Å². The third-order valence-corrected chi connectivity index (χ3v) is 0.678. The average molecular weight is 172 g/mol. The molecule has 0 atom stereocenters. The number of nitrogens with zero attached hydrogens (tertiary/aromatic N) is 3. The highest BCUT2D eigenvalue weighted by Crippen LogP contribution is 1.72. The lowest BCUT2D eigenvalue weighted by atomic mass is 10.8. The molecule has 0 spiro atoms. The van der Waals surface area contributed by atoms with Gasteiger partial charge in [0.05, 0.1) is 18.6 Å². The SMILES string of the molecule is S.c1cn[nH]n1.c1cnoc1. The second kappa shape index (κ2) is 6.81. The van der Waals surface area contributed by atoms with Gasteiger partial charge in [0.25, 0.3) is 0 Å². The Labute approximate surface area is 70.2 Å². The molecule has 0 saturated carbocycles. The first kappa shape index (κ1) is 9.70. The number of aromatic amines is 1. The van der Waals surface area contributed by atoms with E-state index in [0.717, 1.165) is 0 Å². The molecule has 0 aliphatic heterocycles. The zero-order valence-electron chi connectivity index (χ0n) is 5.64. The fourth-order valence-electron chi connectivity index (χ4n) is 0.342. The van der Waals surface area contributed by atoms with Gasteiger partial charge in [0, 0.05) is 0 Å². The molecular formula is C5H8N4OS. The summed E-state index contributed by atoms with van der Waals surface area (Å²) < 4.78 is 4.33. The molecule has 0 fully saturated rings. The molecule has 2 heterocycles. The monoisotopic (exact) mass is 172 g/mol. The number of rotatable bonds is 0. The van der Waals surface area contributed by atoms with E-state index in [2.05, 4.69) is 25.1 Å². The Morgan fingerprint density at radius 3 is 2.00 bits per heavy atom. The van der Waals surface area contributed by atoms with Gasteiger partial charge in [-0.3, -0.25) is 0 Å². The quantitative estimate of drug-likeness (QED) is 0.631. The zero-order chi connectivity index (χ0) is 7.07. The molecule has 0 bridgehead atoms. The lowest BCUT2D eigenvalue weighted by Gasteiger charge is -1.48. The number of nitrogens with one attached hydrogen (secondary N) is 1. The summed E-state index contributed by atoms with van der Waals surface area (Å²) in [6.07, 6.45) is 6.26. The van der Waals surface area contributed by atoms with Gasteiger partial charge in [0.2, 0.25) is 0 Å². The van der Waals surface area contributed by atoms with Crippen LogP contribution in [0.4, 0.5) is 0 Å². The van der Waals surface area contributed by atoms with Crippen LogP contribution in [-0.4, -0.2) is 20.6 Å². The maximum Gasteiger partial charge on any atom is 0.123 e. The van der Waals surface area contributed by atoms with Gasteiger partial charge < -0.3 is 4.52 Å². The zero-order valence-corrected chi connectivity index (χ0v) is 6.64. The van der Waals surface area contributed by atoms with Gasteiger partial charge in [-0.2, -0.15) is 28.9 Å². The van der Waals surface area contributed by atoms with Crippen LogP contribution in [0, 0.1) is 0 Å². The lowest BCUT2D eigenvalue weighted by Crippen LogP contribution is -1.61. The first-order chi connectivity index (χ1) is 5.00. The highest BCUT2D eigenvalue weighted by molar-refractivity contribution is 7.59. The van der Waals surface area contributed by atoms with Crippen molar-refractivity contribution in [2.24, 2.45) is 0 Å². The molecule has 11 heavy (non-hydrogen) atoms. The molecule has 6 heteroatoms. The van der Waals surface area contributed by atoms with E-state index in [1.165, 1.54) is 6.26 Å². The fraction of sp³-hybridized carbons (Fsp3) is 0. The summed E-state index contributed by atoms with van der Waals surface area (Å²) in [4.78, 5) is 0. The van der Waals surface area contributed by atoms with Crippen LogP contribution in [0.5, 0.6) is 0 Å². The number of aromatic nitrogens is 4. The number of hydrogen-bond donors (Lipinski definition) is 1. The first-order valence-electron chi connectivity index (χ1n) is 2.64. The Morgan fingerprint density at radius 2 is 1.82 bits per heavy atom. The molecule has 60 valence electrons. The van der Waals surface area contributed by atoms with Crippen molar-refractivity contribution in [1.82, 2.24) is 20.6 Å². The average Bonchev–Trinajstić information content (AvgIpc) is 2.67. The maximum atomic E-state index is 4.33. The van der Waals surface area contributed by atoms with E-state index in [4.69, 9.17) is 0 Å². The smallest absolute Gasteiger partial charge is 0.123 e. The van der Waals surface area contributed by atoms with Gasteiger partial charge in [-0.1, -0.05) is 5.16 Å². The van der Waals surface area contributed by atoms with Crippen LogP contribution >= 0.6 is 13.5 Å². The molecular weight excluding hydrogens is 164 g/mol. The Morgan fingerprint density at radius 1 is 1.09 bits per heavy atom. The molecule has 0 aromatic carbocycles. The predicted molar refractivity (Wildman–Crippen MR) is 43.3 cm³/mol. The Bertz CT molecular complexity index is 158. The molecule has 0 saturated heterocycles. The van der Waals surface area contributed by atoms with E-state index >= 15 is 0 Å². The minimum absolute atomic E-state index is 0. The fourth-order valence-corrected chi connectivity index (χ4v) is 0.342. The van der Waals surface area contributed by atoms with E-state index in [1.807, 2.05) is 0 Å². The molecule has 2 rings (SSSR count). The summed E-state index contributed by atoms with van der Waals surface area (Å²) in [7, 11) is 0. The summed E-state index contributed by atoms with van der Waals surface area (Å²) in [5, 5.41) is 12.7. The van der Waals surface area contributed by atoms with Crippen molar-refractivity contribution in [2.75, 3.05) is 0 Å². The normalized spacial score (nSPS) is 7.27. The highest BCUT2D eigenvalue weighted by atomic mass is 32.1. The van der Waals surface area contributed by atoms with Crippen molar-refractivity contribution in [3.05, 3.63) is 30.9 Å². The van der Waals surface area contributed by atoms with E-state index in [-0.39, 0.29) is 13.5 Å². The van der Waals surface area contributed by atoms with E-state index < -0.39 is 0 Å². The summed E-state index contributed by atoms with van der Waals surface area (Å²) in [6.45, 7) is 0. The van der Waals surface area contributed by atoms with Crippen molar-refractivity contribution in [3.63, 3.8) is 0 Å². The van der Waals surface area contributed by atoms with Crippen molar-refractivity contribution in [2.45, 2.75) is 0 Å². The molecule has 2 aromatic rings. The van der Waals surface area contributed by atoms with E-state index in [0.29, 0.717) is 0 Å². The van der Waals surface area contributed by atoms with Gasteiger partial charge in [-0.25, -0.2) is 0 Å². The third-order valence-electron chi connectivity index (χ3n) is 0.678. The maximum absolute atomic E-state index is 4.33. The second-order valence-corrected chi connectivity index (χ2v) is 1.34. The van der Waals surface area contributed by atoms with Gasteiger partial charge in [-0.15, -0.1) is 0 Å². The molecule has 0 unspecified atom stereocenters. The summed E-state index contributed by atoms with van der Waals surface area (Å²) in [5.41, 5.74) is 0. The van der Waals surface area contributed by atoms with Crippen LogP contribution < -0.4 is 0 Å². The van der Waals surface area contributed by atoms with Crippen LogP contribution in [0.3, 0.4) is 0 Å².